The van der Waals surface area contributed by atoms with Crippen molar-refractivity contribution in [1.29, 1.82) is 0 Å². The molecule has 8 heteroatoms. The van der Waals surface area contributed by atoms with Crippen molar-refractivity contribution in [3.8, 4) is 11.5 Å². The molecule has 2 aromatic carbocycles. The minimum absolute atomic E-state index is 0.0227. The molecule has 0 spiro atoms. The second-order valence-electron chi connectivity index (χ2n) is 5.32. The van der Waals surface area contributed by atoms with Gasteiger partial charge in [0.2, 0.25) is 5.89 Å². The van der Waals surface area contributed by atoms with Crippen molar-refractivity contribution < 1.29 is 23.1 Å². The lowest BCUT2D eigenvalue weighted by Gasteiger charge is -2.06. The van der Waals surface area contributed by atoms with Crippen LogP contribution in [0.3, 0.4) is 0 Å². The van der Waals surface area contributed by atoms with Crippen LogP contribution in [-0.2, 0) is 11.2 Å². The van der Waals surface area contributed by atoms with Crippen molar-refractivity contribution in [3.05, 3.63) is 65.8 Å². The summed E-state index contributed by atoms with van der Waals surface area (Å²) in [6.45, 7) is -0.206. The lowest BCUT2D eigenvalue weighted by atomic mass is 10.1. The fraction of sp³-hybridized carbons (Fsp3) is 0.167. The SMILES string of the molecule is COc1ccc(OCC(=O)Nc2nnc(Cc3ccc(F)cc3)o2)cc1. The molecule has 0 bridgehead atoms. The number of carbonyl (C=O) groups is 1. The highest BCUT2D eigenvalue weighted by Gasteiger charge is 2.11. The Kier molecular flexibility index (Phi) is 5.43. The van der Waals surface area contributed by atoms with Crippen LogP contribution in [0.15, 0.2) is 52.9 Å². The largest absolute Gasteiger partial charge is 0.497 e. The first-order chi connectivity index (χ1) is 12.6. The Morgan fingerprint density at radius 1 is 1.08 bits per heavy atom. The Morgan fingerprint density at radius 2 is 1.77 bits per heavy atom. The number of nitrogens with one attached hydrogen (secondary N) is 1. The third-order valence-corrected chi connectivity index (χ3v) is 3.41. The molecule has 3 aromatic rings. The van der Waals surface area contributed by atoms with E-state index in [1.54, 1.807) is 43.5 Å². The number of rotatable bonds is 7. The molecule has 134 valence electrons. The summed E-state index contributed by atoms with van der Waals surface area (Å²) in [7, 11) is 1.57. The van der Waals surface area contributed by atoms with E-state index in [4.69, 9.17) is 13.9 Å². The molecule has 0 saturated carbocycles. The van der Waals surface area contributed by atoms with Gasteiger partial charge in [-0.05, 0) is 42.0 Å². The smallest absolute Gasteiger partial charge is 0.322 e. The van der Waals surface area contributed by atoms with Gasteiger partial charge in [0.05, 0.1) is 13.5 Å². The quantitative estimate of drug-likeness (QED) is 0.700. The fourth-order valence-electron chi connectivity index (χ4n) is 2.13. The van der Waals surface area contributed by atoms with Crippen LogP contribution in [-0.4, -0.2) is 29.8 Å². The molecule has 0 aliphatic rings. The highest BCUT2D eigenvalue weighted by molar-refractivity contribution is 5.89. The fourth-order valence-corrected chi connectivity index (χ4v) is 2.13. The molecule has 26 heavy (non-hydrogen) atoms. The highest BCUT2D eigenvalue weighted by atomic mass is 19.1. The Bertz CT molecular complexity index is 863. The van der Waals surface area contributed by atoms with E-state index in [2.05, 4.69) is 15.5 Å². The van der Waals surface area contributed by atoms with Crippen LogP contribution in [0, 0.1) is 5.82 Å². The number of benzene rings is 2. The Balaban J connectivity index is 1.49. The van der Waals surface area contributed by atoms with Crippen LogP contribution in [0.25, 0.3) is 0 Å². The van der Waals surface area contributed by atoms with E-state index in [0.717, 1.165) is 5.56 Å². The Morgan fingerprint density at radius 3 is 2.46 bits per heavy atom. The summed E-state index contributed by atoms with van der Waals surface area (Å²) in [5, 5.41) is 10.1. The topological polar surface area (TPSA) is 86.5 Å². The summed E-state index contributed by atoms with van der Waals surface area (Å²) in [6.07, 6.45) is 0.339. The first-order valence-electron chi connectivity index (χ1n) is 7.76. The van der Waals surface area contributed by atoms with Crippen molar-refractivity contribution in [2.24, 2.45) is 0 Å². The molecular formula is C18H16FN3O4. The number of nitrogens with zero attached hydrogens (tertiary/aromatic N) is 2. The molecular weight excluding hydrogens is 341 g/mol. The van der Waals surface area contributed by atoms with Crippen LogP contribution >= 0.6 is 0 Å². The van der Waals surface area contributed by atoms with Gasteiger partial charge in [-0.2, -0.15) is 0 Å². The molecule has 1 aromatic heterocycles. The number of methoxy groups -OCH3 is 1. The van der Waals surface area contributed by atoms with Gasteiger partial charge in [-0.1, -0.05) is 17.2 Å². The standard InChI is InChI=1S/C18H16FN3O4/c1-24-14-6-8-15(9-7-14)25-11-16(23)20-18-22-21-17(26-18)10-12-2-4-13(19)5-3-12/h2-9H,10-11H2,1H3,(H,20,22,23). The van der Waals surface area contributed by atoms with Crippen molar-refractivity contribution in [2.45, 2.75) is 6.42 Å². The molecule has 0 aliphatic heterocycles. The van der Waals surface area contributed by atoms with Gasteiger partial charge in [-0.3, -0.25) is 10.1 Å². The number of hydrogen-bond donors (Lipinski definition) is 1. The molecule has 0 unspecified atom stereocenters. The molecule has 0 fully saturated rings. The molecule has 0 saturated heterocycles. The summed E-state index contributed by atoms with van der Waals surface area (Å²) in [4.78, 5) is 11.9. The maximum absolute atomic E-state index is 12.9. The molecule has 1 amide bonds. The number of anilines is 1. The number of carbonyl (C=O) groups excluding carboxylic acids is 1. The molecule has 1 heterocycles. The van der Waals surface area contributed by atoms with Gasteiger partial charge in [0.15, 0.2) is 6.61 Å². The van der Waals surface area contributed by atoms with Gasteiger partial charge >= 0.3 is 6.01 Å². The van der Waals surface area contributed by atoms with Crippen molar-refractivity contribution in [3.63, 3.8) is 0 Å². The van der Waals surface area contributed by atoms with Crippen LogP contribution in [0.1, 0.15) is 11.5 Å². The third-order valence-electron chi connectivity index (χ3n) is 3.41. The van der Waals surface area contributed by atoms with E-state index >= 15 is 0 Å². The predicted molar refractivity (Wildman–Crippen MR) is 90.6 cm³/mol. The summed E-state index contributed by atoms with van der Waals surface area (Å²) >= 11 is 0. The predicted octanol–water partition coefficient (Wildman–Crippen LogP) is 2.83. The van der Waals surface area contributed by atoms with E-state index in [0.29, 0.717) is 23.8 Å². The summed E-state index contributed by atoms with van der Waals surface area (Å²) in [5.41, 5.74) is 0.816. The lowest BCUT2D eigenvalue weighted by molar-refractivity contribution is -0.118. The first kappa shape index (κ1) is 17.4. The van der Waals surface area contributed by atoms with E-state index in [9.17, 15) is 9.18 Å². The average Bonchev–Trinajstić information content (AvgIpc) is 3.09. The van der Waals surface area contributed by atoms with E-state index in [1.807, 2.05) is 0 Å². The summed E-state index contributed by atoms with van der Waals surface area (Å²) < 4.78 is 28.6. The maximum atomic E-state index is 12.9. The minimum atomic E-state index is -0.433. The van der Waals surface area contributed by atoms with E-state index in [1.165, 1.54) is 12.1 Å². The number of aromatic nitrogens is 2. The molecule has 7 nitrogen and oxygen atoms in total. The normalized spacial score (nSPS) is 10.4. The zero-order valence-corrected chi connectivity index (χ0v) is 13.9. The first-order valence-corrected chi connectivity index (χ1v) is 7.76. The van der Waals surface area contributed by atoms with Gasteiger partial charge in [0.1, 0.15) is 17.3 Å². The van der Waals surface area contributed by atoms with Crippen molar-refractivity contribution >= 4 is 11.9 Å². The lowest BCUT2D eigenvalue weighted by Crippen LogP contribution is -2.20. The third kappa shape index (κ3) is 4.79. The zero-order valence-electron chi connectivity index (χ0n) is 13.9. The number of halogens is 1. The minimum Gasteiger partial charge on any atom is -0.497 e. The van der Waals surface area contributed by atoms with Crippen molar-refractivity contribution in [2.75, 3.05) is 19.0 Å². The van der Waals surface area contributed by atoms with Gasteiger partial charge in [0.25, 0.3) is 5.91 Å². The van der Waals surface area contributed by atoms with Crippen LogP contribution in [0.2, 0.25) is 0 Å². The van der Waals surface area contributed by atoms with E-state index < -0.39 is 5.91 Å². The monoisotopic (exact) mass is 357 g/mol. The van der Waals surface area contributed by atoms with Crippen LogP contribution in [0.4, 0.5) is 10.4 Å². The van der Waals surface area contributed by atoms with Crippen molar-refractivity contribution in [1.82, 2.24) is 10.2 Å². The molecule has 0 radical (unpaired) electrons. The number of hydrogen-bond acceptors (Lipinski definition) is 6. The zero-order chi connectivity index (χ0) is 18.4. The van der Waals surface area contributed by atoms with Crippen LogP contribution < -0.4 is 14.8 Å². The number of ether oxygens (including phenoxy) is 2. The van der Waals surface area contributed by atoms with Gasteiger partial charge < -0.3 is 13.9 Å². The molecule has 1 N–H and O–H groups in total. The second kappa shape index (κ2) is 8.11. The van der Waals surface area contributed by atoms with Gasteiger partial charge in [-0.15, -0.1) is 5.10 Å². The molecule has 3 rings (SSSR count). The molecule has 0 atom stereocenters. The summed E-state index contributed by atoms with van der Waals surface area (Å²) in [5.74, 6) is 0.787. The average molecular weight is 357 g/mol. The van der Waals surface area contributed by atoms with E-state index in [-0.39, 0.29) is 18.4 Å². The Hall–Kier alpha value is -3.42. The van der Waals surface area contributed by atoms with Crippen LogP contribution in [0.5, 0.6) is 11.5 Å². The van der Waals surface area contributed by atoms with Gasteiger partial charge in [0, 0.05) is 0 Å². The molecule has 0 aliphatic carbocycles. The second-order valence-corrected chi connectivity index (χ2v) is 5.32. The number of amides is 1. The summed E-state index contributed by atoms with van der Waals surface area (Å²) in [6, 6.07) is 12.8. The Labute approximate surface area is 148 Å². The maximum Gasteiger partial charge on any atom is 0.322 e. The van der Waals surface area contributed by atoms with Gasteiger partial charge in [-0.25, -0.2) is 4.39 Å². The highest BCUT2D eigenvalue weighted by Crippen LogP contribution is 2.17.